The highest BCUT2D eigenvalue weighted by Crippen LogP contribution is 2.32. The second-order valence-electron chi connectivity index (χ2n) is 11.7. The lowest BCUT2D eigenvalue weighted by atomic mass is 9.99. The number of nitrogens with zero attached hydrogens (tertiary/aromatic N) is 3. The van der Waals surface area contributed by atoms with Crippen molar-refractivity contribution in [2.75, 3.05) is 39.3 Å². The van der Waals surface area contributed by atoms with Crippen LogP contribution in [0.1, 0.15) is 96.6 Å². The van der Waals surface area contributed by atoms with Crippen LogP contribution < -0.4 is 4.74 Å². The molecule has 0 atom stereocenters. The van der Waals surface area contributed by atoms with Crippen molar-refractivity contribution in [2.24, 2.45) is 0 Å². The fourth-order valence-electron chi connectivity index (χ4n) is 5.96. The summed E-state index contributed by atoms with van der Waals surface area (Å²) in [4.78, 5) is 19.5. The number of hydrogen-bond acceptors (Lipinski definition) is 4. The molecule has 1 fully saturated rings. The molecule has 8 heteroatoms. The van der Waals surface area contributed by atoms with Gasteiger partial charge < -0.3 is 14.5 Å². The fourth-order valence-corrected chi connectivity index (χ4v) is 5.96. The van der Waals surface area contributed by atoms with Crippen LogP contribution in [0.15, 0.2) is 41.6 Å². The Morgan fingerprint density at radius 2 is 1.67 bits per heavy atom. The molecule has 1 saturated heterocycles. The van der Waals surface area contributed by atoms with Gasteiger partial charge in [-0.05, 0) is 88.6 Å². The number of fused-ring (bicyclic) bond motifs is 1. The standard InChI is InChI=1S/C32H46F3N3O2.C2H6/c1-25(2)40-30-15-12-27-24-38(18-16-26(27)23-30)31(39)11-5-3-4-8-17-36-19-21-37(22-20-36)29-10-7-6-9-28(13-14-29)32(33,34)35;1-2/h9,12,14-15,23,25H,3-8,10-11,13,16-22,24H2,1-2H3;1-2H3/b28-9+,29-14+;. The molecule has 0 bridgehead atoms. The Bertz CT molecular complexity index is 1040. The summed E-state index contributed by atoms with van der Waals surface area (Å²) in [5.74, 6) is 1.16. The SMILES string of the molecule is CC.CC(C)Oc1ccc2c(c1)CCN(C(=O)CCCCCCN1CCN(/C3=C/C/C(C(F)(F)F)=C\CCC3)CC1)C2. The van der Waals surface area contributed by atoms with E-state index in [9.17, 15) is 18.0 Å². The minimum Gasteiger partial charge on any atom is -0.491 e. The molecule has 1 aliphatic carbocycles. The lowest BCUT2D eigenvalue weighted by Gasteiger charge is -2.38. The van der Waals surface area contributed by atoms with E-state index >= 15 is 0 Å². The van der Waals surface area contributed by atoms with Gasteiger partial charge in [0.1, 0.15) is 5.75 Å². The monoisotopic (exact) mass is 591 g/mol. The number of benzene rings is 1. The van der Waals surface area contributed by atoms with Crippen LogP contribution in [0.3, 0.4) is 0 Å². The maximum Gasteiger partial charge on any atom is 0.412 e. The zero-order valence-electron chi connectivity index (χ0n) is 26.3. The molecule has 0 unspecified atom stereocenters. The van der Waals surface area contributed by atoms with E-state index in [1.165, 1.54) is 17.2 Å². The van der Waals surface area contributed by atoms with Crippen LogP contribution in [-0.2, 0) is 17.8 Å². The van der Waals surface area contributed by atoms with Crippen LogP contribution in [0.25, 0.3) is 0 Å². The summed E-state index contributed by atoms with van der Waals surface area (Å²) in [6.45, 7) is 14.3. The summed E-state index contributed by atoms with van der Waals surface area (Å²) >= 11 is 0. The van der Waals surface area contributed by atoms with Crippen LogP contribution in [0.4, 0.5) is 13.2 Å². The first-order valence-electron chi connectivity index (χ1n) is 16.2. The van der Waals surface area contributed by atoms with Gasteiger partial charge in [-0.1, -0.05) is 44.9 Å². The van der Waals surface area contributed by atoms with Crippen molar-refractivity contribution in [3.63, 3.8) is 0 Å². The molecule has 0 N–H and O–H groups in total. The van der Waals surface area contributed by atoms with Gasteiger partial charge in [0.25, 0.3) is 0 Å². The maximum atomic E-state index is 13.1. The van der Waals surface area contributed by atoms with Gasteiger partial charge in [0.05, 0.1) is 6.10 Å². The normalized spacial score (nSPS) is 20.8. The van der Waals surface area contributed by atoms with Crippen LogP contribution in [0.2, 0.25) is 0 Å². The molecule has 236 valence electrons. The number of piperazine rings is 1. The fraction of sp³-hybridized carbons (Fsp3) is 0.676. The van der Waals surface area contributed by atoms with Crippen LogP contribution in [0, 0.1) is 0 Å². The van der Waals surface area contributed by atoms with Gasteiger partial charge in [-0.25, -0.2) is 0 Å². The van der Waals surface area contributed by atoms with Gasteiger partial charge in [-0.3, -0.25) is 9.69 Å². The minimum absolute atomic E-state index is 0.0126. The summed E-state index contributed by atoms with van der Waals surface area (Å²) in [7, 11) is 0. The highest BCUT2D eigenvalue weighted by Gasteiger charge is 2.33. The van der Waals surface area contributed by atoms with Crippen molar-refractivity contribution in [3.05, 3.63) is 52.7 Å². The topological polar surface area (TPSA) is 36.0 Å². The predicted octanol–water partition coefficient (Wildman–Crippen LogP) is 7.90. The van der Waals surface area contributed by atoms with Crippen molar-refractivity contribution >= 4 is 5.91 Å². The third kappa shape index (κ3) is 10.7. The molecule has 2 aliphatic heterocycles. The van der Waals surface area contributed by atoms with E-state index in [2.05, 4.69) is 21.9 Å². The molecule has 0 spiro atoms. The second kappa shape index (κ2) is 17.0. The Balaban J connectivity index is 0.00000237. The van der Waals surface area contributed by atoms with Gasteiger partial charge >= 0.3 is 6.18 Å². The average Bonchev–Trinajstić information content (AvgIpc) is 2.95. The van der Waals surface area contributed by atoms with E-state index in [1.54, 1.807) is 6.08 Å². The third-order valence-corrected chi connectivity index (χ3v) is 8.26. The zero-order valence-corrected chi connectivity index (χ0v) is 26.3. The zero-order chi connectivity index (χ0) is 30.5. The van der Waals surface area contributed by atoms with Crippen molar-refractivity contribution in [1.29, 1.82) is 0 Å². The number of halogens is 3. The highest BCUT2D eigenvalue weighted by molar-refractivity contribution is 5.76. The van der Waals surface area contributed by atoms with Crippen molar-refractivity contribution in [3.8, 4) is 5.75 Å². The molecule has 42 heavy (non-hydrogen) atoms. The number of unbranched alkanes of at least 4 members (excludes halogenated alkanes) is 3. The number of carbonyl (C=O) groups excluding carboxylic acids is 1. The minimum atomic E-state index is -4.22. The van der Waals surface area contributed by atoms with Crippen molar-refractivity contribution < 1.29 is 22.7 Å². The number of allylic oxidation sites excluding steroid dienone is 4. The number of ether oxygens (including phenoxy) is 1. The molecule has 2 heterocycles. The first kappa shape index (κ1) is 34.0. The lowest BCUT2D eigenvalue weighted by molar-refractivity contribution is -0.132. The summed E-state index contributed by atoms with van der Waals surface area (Å²) in [6, 6.07) is 6.23. The predicted molar refractivity (Wildman–Crippen MR) is 164 cm³/mol. The maximum absolute atomic E-state index is 13.1. The largest absolute Gasteiger partial charge is 0.491 e. The molecular formula is C34H52F3N3O2. The van der Waals surface area contributed by atoms with Gasteiger partial charge in [-0.15, -0.1) is 0 Å². The number of carbonyl (C=O) groups is 1. The van der Waals surface area contributed by atoms with Crippen LogP contribution >= 0.6 is 0 Å². The van der Waals surface area contributed by atoms with E-state index in [0.29, 0.717) is 19.4 Å². The lowest BCUT2D eigenvalue weighted by Crippen LogP contribution is -2.46. The summed E-state index contributed by atoms with van der Waals surface area (Å²) in [5, 5.41) is 0. The Morgan fingerprint density at radius 1 is 0.929 bits per heavy atom. The smallest absolute Gasteiger partial charge is 0.412 e. The Labute approximate surface area is 251 Å². The van der Waals surface area contributed by atoms with E-state index in [-0.39, 0.29) is 18.4 Å². The van der Waals surface area contributed by atoms with Crippen molar-refractivity contribution in [1.82, 2.24) is 14.7 Å². The number of rotatable bonds is 10. The molecule has 0 aromatic heterocycles. The molecule has 1 amide bonds. The van der Waals surface area contributed by atoms with E-state index < -0.39 is 11.7 Å². The van der Waals surface area contributed by atoms with E-state index in [4.69, 9.17) is 4.74 Å². The average molecular weight is 592 g/mol. The Morgan fingerprint density at radius 3 is 2.38 bits per heavy atom. The summed E-state index contributed by atoms with van der Waals surface area (Å²) in [5.41, 5.74) is 3.19. The number of amides is 1. The molecular weight excluding hydrogens is 539 g/mol. The molecule has 4 rings (SSSR count). The van der Waals surface area contributed by atoms with Gasteiger partial charge in [0, 0.05) is 57.0 Å². The molecule has 1 aromatic carbocycles. The second-order valence-corrected chi connectivity index (χ2v) is 11.7. The molecule has 5 nitrogen and oxygen atoms in total. The van der Waals surface area contributed by atoms with E-state index in [0.717, 1.165) is 95.7 Å². The molecule has 0 radical (unpaired) electrons. The van der Waals surface area contributed by atoms with Gasteiger partial charge in [0.15, 0.2) is 0 Å². The molecule has 3 aliphatic rings. The van der Waals surface area contributed by atoms with Crippen LogP contribution in [0.5, 0.6) is 5.75 Å². The third-order valence-electron chi connectivity index (χ3n) is 8.26. The number of hydrogen-bond donors (Lipinski definition) is 0. The number of alkyl halides is 3. The molecule has 1 aromatic rings. The summed E-state index contributed by atoms with van der Waals surface area (Å²) < 4.78 is 45.2. The van der Waals surface area contributed by atoms with Crippen LogP contribution in [-0.4, -0.2) is 72.2 Å². The quantitative estimate of drug-likeness (QED) is 0.205. The van der Waals surface area contributed by atoms with E-state index in [1.807, 2.05) is 38.7 Å². The highest BCUT2D eigenvalue weighted by atomic mass is 19.4. The first-order chi connectivity index (χ1) is 20.2. The van der Waals surface area contributed by atoms with Gasteiger partial charge in [0.2, 0.25) is 5.91 Å². The van der Waals surface area contributed by atoms with Gasteiger partial charge in [-0.2, -0.15) is 13.2 Å². The Hall–Kier alpha value is -2.48. The first-order valence-corrected chi connectivity index (χ1v) is 16.2. The molecule has 0 saturated carbocycles. The van der Waals surface area contributed by atoms with Crippen molar-refractivity contribution in [2.45, 2.75) is 111 Å². The Kier molecular flexibility index (Phi) is 13.7. The summed E-state index contributed by atoms with van der Waals surface area (Å²) in [6.07, 6.45) is 6.95.